The highest BCUT2D eigenvalue weighted by Gasteiger charge is 2.20. The van der Waals surface area contributed by atoms with Gasteiger partial charge in [0.1, 0.15) is 5.82 Å². The predicted octanol–water partition coefficient (Wildman–Crippen LogP) is 3.24. The third-order valence-electron chi connectivity index (χ3n) is 3.68. The largest absolute Gasteiger partial charge is 0.349 e. The number of rotatable bonds is 6. The van der Waals surface area contributed by atoms with Crippen LogP contribution in [0.15, 0.2) is 54.6 Å². The van der Waals surface area contributed by atoms with Gasteiger partial charge in [-0.05, 0) is 18.1 Å². The number of nitrogens with one attached hydrogen (secondary N) is 1. The van der Waals surface area contributed by atoms with Gasteiger partial charge in [-0.25, -0.2) is 4.39 Å². The highest BCUT2D eigenvalue weighted by molar-refractivity contribution is 5.85. The molecule has 1 amide bonds. The van der Waals surface area contributed by atoms with Gasteiger partial charge in [-0.15, -0.1) is 12.4 Å². The molecule has 0 aromatic heterocycles. The van der Waals surface area contributed by atoms with Crippen LogP contribution in [0, 0.1) is 11.7 Å². The number of benzene rings is 2. The van der Waals surface area contributed by atoms with E-state index in [1.54, 1.807) is 25.1 Å². The number of carbonyl (C=O) groups excluding carboxylic acids is 1. The number of amides is 1. The van der Waals surface area contributed by atoms with E-state index in [1.165, 1.54) is 6.07 Å². The maximum Gasteiger partial charge on any atom is 0.224 e. The van der Waals surface area contributed by atoms with E-state index in [0.717, 1.165) is 5.56 Å². The first-order chi connectivity index (χ1) is 10.6. The molecule has 0 saturated carbocycles. The van der Waals surface area contributed by atoms with Crippen molar-refractivity contribution < 1.29 is 9.18 Å². The summed E-state index contributed by atoms with van der Waals surface area (Å²) in [6.45, 7) is 2.03. The summed E-state index contributed by atoms with van der Waals surface area (Å²) in [5.74, 6) is -0.777. The number of hydrogen-bond acceptors (Lipinski definition) is 2. The van der Waals surface area contributed by atoms with Gasteiger partial charge in [0.25, 0.3) is 0 Å². The van der Waals surface area contributed by atoms with Gasteiger partial charge in [0.15, 0.2) is 0 Å². The second-order valence-corrected chi connectivity index (χ2v) is 5.41. The quantitative estimate of drug-likeness (QED) is 0.850. The molecule has 124 valence electrons. The molecule has 0 aliphatic rings. The summed E-state index contributed by atoms with van der Waals surface area (Å²) in [4.78, 5) is 12.1. The second kappa shape index (κ2) is 9.28. The minimum absolute atomic E-state index is 0. The van der Waals surface area contributed by atoms with Crippen LogP contribution in [0.25, 0.3) is 0 Å². The first-order valence-corrected chi connectivity index (χ1v) is 7.40. The molecule has 23 heavy (non-hydrogen) atoms. The summed E-state index contributed by atoms with van der Waals surface area (Å²) in [7, 11) is 0. The van der Waals surface area contributed by atoms with Crippen molar-refractivity contribution in [2.24, 2.45) is 11.7 Å². The van der Waals surface area contributed by atoms with E-state index in [1.807, 2.05) is 30.3 Å². The molecule has 2 atom stereocenters. The molecule has 2 unspecified atom stereocenters. The molecule has 0 aliphatic carbocycles. The molecule has 0 spiro atoms. The lowest BCUT2D eigenvalue weighted by Crippen LogP contribution is -2.37. The Morgan fingerprint density at radius 2 is 1.74 bits per heavy atom. The van der Waals surface area contributed by atoms with Gasteiger partial charge in [-0.1, -0.05) is 55.5 Å². The fraction of sp³-hybridized carbons (Fsp3) is 0.278. The Balaban J connectivity index is 0.00000264. The van der Waals surface area contributed by atoms with E-state index in [-0.39, 0.29) is 36.6 Å². The van der Waals surface area contributed by atoms with E-state index in [0.29, 0.717) is 12.0 Å². The molecular weight excluding hydrogens is 315 g/mol. The van der Waals surface area contributed by atoms with Crippen molar-refractivity contribution in [3.63, 3.8) is 0 Å². The van der Waals surface area contributed by atoms with Gasteiger partial charge >= 0.3 is 0 Å². The maximum atomic E-state index is 14.1. The zero-order chi connectivity index (χ0) is 15.9. The first-order valence-electron chi connectivity index (χ1n) is 7.40. The van der Waals surface area contributed by atoms with E-state index in [4.69, 9.17) is 5.73 Å². The van der Waals surface area contributed by atoms with Crippen molar-refractivity contribution in [1.29, 1.82) is 0 Å². The van der Waals surface area contributed by atoms with Crippen molar-refractivity contribution in [3.8, 4) is 0 Å². The Morgan fingerprint density at radius 1 is 1.13 bits per heavy atom. The minimum Gasteiger partial charge on any atom is -0.349 e. The monoisotopic (exact) mass is 336 g/mol. The molecule has 5 heteroatoms. The third kappa shape index (κ3) is 5.34. The summed E-state index contributed by atoms with van der Waals surface area (Å²) < 4.78 is 14.1. The van der Waals surface area contributed by atoms with Crippen LogP contribution >= 0.6 is 12.4 Å². The van der Waals surface area contributed by atoms with Crippen LogP contribution in [-0.2, 0) is 11.2 Å². The molecule has 0 bridgehead atoms. The van der Waals surface area contributed by atoms with Gasteiger partial charge in [0.2, 0.25) is 5.91 Å². The fourth-order valence-corrected chi connectivity index (χ4v) is 2.27. The average Bonchev–Trinajstić information content (AvgIpc) is 2.55. The lowest BCUT2D eigenvalue weighted by Gasteiger charge is -2.22. The molecule has 0 aliphatic heterocycles. The van der Waals surface area contributed by atoms with Crippen LogP contribution in [0.1, 0.15) is 24.1 Å². The zero-order valence-electron chi connectivity index (χ0n) is 13.0. The summed E-state index contributed by atoms with van der Waals surface area (Å²) in [6, 6.07) is 15.8. The van der Waals surface area contributed by atoms with E-state index in [9.17, 15) is 9.18 Å². The number of halogens is 2. The number of nitrogens with two attached hydrogens (primary N) is 1. The zero-order valence-corrected chi connectivity index (χ0v) is 13.9. The SMILES string of the molecule is CC(CN)C(=O)NC(Cc1ccccc1)c1ccccc1F.Cl. The normalized spacial score (nSPS) is 12.8. The Morgan fingerprint density at radius 3 is 2.35 bits per heavy atom. The number of carbonyl (C=O) groups is 1. The van der Waals surface area contributed by atoms with Crippen LogP contribution in [0.2, 0.25) is 0 Å². The Bertz CT molecular complexity index is 621. The smallest absolute Gasteiger partial charge is 0.224 e. The van der Waals surface area contributed by atoms with Crippen molar-refractivity contribution >= 4 is 18.3 Å². The molecule has 0 saturated heterocycles. The van der Waals surface area contributed by atoms with Crippen LogP contribution < -0.4 is 11.1 Å². The first kappa shape index (κ1) is 19.1. The van der Waals surface area contributed by atoms with Crippen LogP contribution in [0.4, 0.5) is 4.39 Å². The molecule has 3 N–H and O–H groups in total. The predicted molar refractivity (Wildman–Crippen MR) is 92.9 cm³/mol. The molecular formula is C18H22ClFN2O. The van der Waals surface area contributed by atoms with Crippen molar-refractivity contribution in [3.05, 3.63) is 71.5 Å². The fourth-order valence-electron chi connectivity index (χ4n) is 2.27. The molecule has 0 radical (unpaired) electrons. The van der Waals surface area contributed by atoms with E-state index >= 15 is 0 Å². The Hall–Kier alpha value is -1.91. The van der Waals surface area contributed by atoms with Gasteiger partial charge in [-0.2, -0.15) is 0 Å². The van der Waals surface area contributed by atoms with Gasteiger partial charge < -0.3 is 11.1 Å². The summed E-state index contributed by atoms with van der Waals surface area (Å²) in [5.41, 5.74) is 7.06. The summed E-state index contributed by atoms with van der Waals surface area (Å²) in [6.07, 6.45) is 0.533. The second-order valence-electron chi connectivity index (χ2n) is 5.41. The van der Waals surface area contributed by atoms with Gasteiger partial charge in [-0.3, -0.25) is 4.79 Å². The van der Waals surface area contributed by atoms with Gasteiger partial charge in [0, 0.05) is 18.0 Å². The molecule has 2 aromatic rings. The average molecular weight is 337 g/mol. The maximum absolute atomic E-state index is 14.1. The Kier molecular flexibility index (Phi) is 7.72. The Labute approximate surface area is 142 Å². The molecule has 2 aromatic carbocycles. The van der Waals surface area contributed by atoms with Crippen LogP contribution in [0.3, 0.4) is 0 Å². The molecule has 0 heterocycles. The summed E-state index contributed by atoms with van der Waals surface area (Å²) in [5, 5.41) is 2.91. The van der Waals surface area contributed by atoms with E-state index in [2.05, 4.69) is 5.32 Å². The summed E-state index contributed by atoms with van der Waals surface area (Å²) >= 11 is 0. The third-order valence-corrected chi connectivity index (χ3v) is 3.68. The van der Waals surface area contributed by atoms with Crippen molar-refractivity contribution in [2.75, 3.05) is 6.54 Å². The molecule has 2 rings (SSSR count). The topological polar surface area (TPSA) is 55.1 Å². The molecule has 0 fully saturated rings. The van der Waals surface area contributed by atoms with Gasteiger partial charge in [0.05, 0.1) is 6.04 Å². The minimum atomic E-state index is -0.412. The lowest BCUT2D eigenvalue weighted by molar-refractivity contribution is -0.125. The highest BCUT2D eigenvalue weighted by Crippen LogP contribution is 2.21. The van der Waals surface area contributed by atoms with E-state index < -0.39 is 6.04 Å². The lowest BCUT2D eigenvalue weighted by atomic mass is 9.97. The standard InChI is InChI=1S/C18H21FN2O.ClH/c1-13(12-20)18(22)21-17(11-14-7-3-2-4-8-14)15-9-5-6-10-16(15)19;/h2-10,13,17H,11-12,20H2,1H3,(H,21,22);1H. The van der Waals surface area contributed by atoms with Crippen molar-refractivity contribution in [2.45, 2.75) is 19.4 Å². The highest BCUT2D eigenvalue weighted by atomic mass is 35.5. The van der Waals surface area contributed by atoms with Crippen LogP contribution in [-0.4, -0.2) is 12.5 Å². The van der Waals surface area contributed by atoms with Crippen LogP contribution in [0.5, 0.6) is 0 Å². The van der Waals surface area contributed by atoms with Crippen molar-refractivity contribution in [1.82, 2.24) is 5.32 Å². The molecule has 3 nitrogen and oxygen atoms in total. The number of hydrogen-bond donors (Lipinski definition) is 2.